The normalized spacial score (nSPS) is 18.4. The molecule has 3 aromatic rings. The highest BCUT2D eigenvalue weighted by atomic mass is 35.5. The first-order chi connectivity index (χ1) is 20.7. The van der Waals surface area contributed by atoms with E-state index in [1.54, 1.807) is 11.8 Å². The van der Waals surface area contributed by atoms with Crippen LogP contribution in [0.2, 0.25) is 5.02 Å². The zero-order chi connectivity index (χ0) is 32.0. The second-order valence-corrected chi connectivity index (χ2v) is 13.7. The number of aryl methyl sites for hydroxylation is 1. The minimum Gasteiger partial charge on any atom is -0.384 e. The third-order valence-corrected chi connectivity index (χ3v) is 9.55. The molecule has 1 unspecified atom stereocenters. The van der Waals surface area contributed by atoms with Gasteiger partial charge in [0, 0.05) is 34.2 Å². The van der Waals surface area contributed by atoms with Gasteiger partial charge in [0.15, 0.2) is 5.78 Å². The van der Waals surface area contributed by atoms with Crippen LogP contribution >= 0.6 is 23.4 Å². The van der Waals surface area contributed by atoms with Crippen molar-refractivity contribution in [2.24, 2.45) is 11.1 Å². The van der Waals surface area contributed by atoms with Crippen molar-refractivity contribution < 1.29 is 18.0 Å². The maximum atomic E-state index is 14.3. The van der Waals surface area contributed by atoms with Crippen molar-refractivity contribution in [3.05, 3.63) is 122 Å². The number of nitrogens with zero attached hydrogens (tertiary/aromatic N) is 2. The summed E-state index contributed by atoms with van der Waals surface area (Å²) in [5.41, 5.74) is 10.6. The Morgan fingerprint density at radius 3 is 2.43 bits per heavy atom. The molecule has 9 heteroatoms. The second-order valence-electron chi connectivity index (χ2n) is 12.3. The van der Waals surface area contributed by atoms with E-state index in [4.69, 9.17) is 17.3 Å². The minimum atomic E-state index is -4.75. The quantitative estimate of drug-likeness (QED) is 0.292. The predicted molar refractivity (Wildman–Crippen MR) is 171 cm³/mol. The van der Waals surface area contributed by atoms with Crippen molar-refractivity contribution in [1.82, 2.24) is 0 Å². The summed E-state index contributed by atoms with van der Waals surface area (Å²) in [6, 6.07) is 19.9. The van der Waals surface area contributed by atoms with Gasteiger partial charge in [0.25, 0.3) is 0 Å². The number of benzene rings is 3. The Hall–Kier alpha value is -3.67. The van der Waals surface area contributed by atoms with Crippen LogP contribution in [0.15, 0.2) is 83.3 Å². The van der Waals surface area contributed by atoms with Crippen LogP contribution in [0.5, 0.6) is 0 Å². The van der Waals surface area contributed by atoms with Gasteiger partial charge in [-0.3, -0.25) is 9.69 Å². The number of thioether (sulfide) groups is 1. The van der Waals surface area contributed by atoms with Crippen LogP contribution < -0.4 is 10.6 Å². The van der Waals surface area contributed by atoms with Gasteiger partial charge in [-0.15, -0.1) is 0 Å². The monoisotopic (exact) mass is 635 g/mol. The fourth-order valence-corrected chi connectivity index (χ4v) is 7.51. The first kappa shape index (κ1) is 31.7. The van der Waals surface area contributed by atoms with Crippen molar-refractivity contribution in [1.29, 1.82) is 5.26 Å². The first-order valence-electron chi connectivity index (χ1n) is 14.3. The van der Waals surface area contributed by atoms with Crippen molar-refractivity contribution in [2.75, 3.05) is 4.90 Å². The van der Waals surface area contributed by atoms with Gasteiger partial charge < -0.3 is 5.73 Å². The van der Waals surface area contributed by atoms with Crippen molar-refractivity contribution in [3.63, 3.8) is 0 Å². The number of carbonyl (C=O) groups is 1. The van der Waals surface area contributed by atoms with Gasteiger partial charge in [0.05, 0.1) is 28.8 Å². The lowest BCUT2D eigenvalue weighted by atomic mass is 9.68. The number of nitrogens with two attached hydrogens (primary N) is 1. The summed E-state index contributed by atoms with van der Waals surface area (Å²) in [5, 5.41) is 10.4. The molecule has 4 nitrogen and oxygen atoms in total. The molecule has 0 radical (unpaired) electrons. The number of hydrogen-bond acceptors (Lipinski definition) is 5. The first-order valence-corrected chi connectivity index (χ1v) is 15.8. The molecule has 1 aliphatic carbocycles. The summed E-state index contributed by atoms with van der Waals surface area (Å²) >= 11 is 7.76. The molecular formula is C35H33ClF3N3OS. The smallest absolute Gasteiger partial charge is 0.384 e. The number of allylic oxidation sites excluding steroid dienone is 3. The number of Topliss-reactive ketones (excluding diaryl/α,β-unsaturated/α-hetero) is 1. The van der Waals surface area contributed by atoms with Gasteiger partial charge >= 0.3 is 6.18 Å². The third-order valence-electron chi connectivity index (χ3n) is 8.27. The zero-order valence-corrected chi connectivity index (χ0v) is 26.6. The molecule has 0 aromatic heterocycles. The van der Waals surface area contributed by atoms with Crippen molar-refractivity contribution in [3.8, 4) is 6.07 Å². The standard InChI is InChI=1S/C35H33ClF3N3OS/c1-20-12-23(19-44-18-22-8-6-5-7-9-22)21(2)25(13-20)31-26(17-40)33(41)42(29-15-34(3,4)16-30(43)32(29)31)28-11-10-24(36)14-27(28)35(37,38)39/h5-14,31H,15-16,18-19,41H2,1-4H3. The van der Waals surface area contributed by atoms with Crippen LogP contribution in [0, 0.1) is 30.6 Å². The summed E-state index contributed by atoms with van der Waals surface area (Å²) < 4.78 is 43.0. The average molecular weight is 636 g/mol. The van der Waals surface area contributed by atoms with Crippen LogP contribution in [-0.2, 0) is 22.5 Å². The lowest BCUT2D eigenvalue weighted by molar-refractivity contribution is -0.137. The Morgan fingerprint density at radius 2 is 1.77 bits per heavy atom. The van der Waals surface area contributed by atoms with E-state index >= 15 is 0 Å². The van der Waals surface area contributed by atoms with E-state index in [9.17, 15) is 23.2 Å². The maximum absolute atomic E-state index is 14.3. The molecule has 0 fully saturated rings. The number of nitriles is 1. The number of ketones is 1. The van der Waals surface area contributed by atoms with Crippen LogP contribution in [0.3, 0.4) is 0 Å². The number of carbonyl (C=O) groups excluding carboxylic acids is 1. The van der Waals surface area contributed by atoms with Gasteiger partial charge in [-0.25, -0.2) is 0 Å². The fraction of sp³-hybridized carbons (Fsp3) is 0.314. The Morgan fingerprint density at radius 1 is 1.07 bits per heavy atom. The second kappa shape index (κ2) is 12.0. The van der Waals surface area contributed by atoms with Crippen LogP contribution in [-0.4, -0.2) is 5.78 Å². The summed E-state index contributed by atoms with van der Waals surface area (Å²) in [7, 11) is 0. The molecule has 3 aromatic carbocycles. The van der Waals surface area contributed by atoms with Crippen LogP contribution in [0.1, 0.15) is 66.0 Å². The highest BCUT2D eigenvalue weighted by Crippen LogP contribution is 2.52. The molecule has 1 heterocycles. The van der Waals surface area contributed by atoms with Crippen LogP contribution in [0.25, 0.3) is 0 Å². The third kappa shape index (κ3) is 6.13. The lowest BCUT2D eigenvalue weighted by Crippen LogP contribution is -2.42. The molecule has 228 valence electrons. The maximum Gasteiger partial charge on any atom is 0.418 e. The largest absolute Gasteiger partial charge is 0.418 e. The molecule has 0 saturated heterocycles. The summed E-state index contributed by atoms with van der Waals surface area (Å²) in [6.45, 7) is 7.76. The molecule has 5 rings (SSSR count). The Kier molecular flexibility index (Phi) is 8.67. The van der Waals surface area contributed by atoms with Gasteiger partial charge in [0.1, 0.15) is 5.82 Å². The van der Waals surface area contributed by atoms with Gasteiger partial charge in [-0.05, 0) is 66.1 Å². The van der Waals surface area contributed by atoms with E-state index in [1.807, 2.05) is 52.0 Å². The number of anilines is 1. The predicted octanol–water partition coefficient (Wildman–Crippen LogP) is 9.35. The van der Waals surface area contributed by atoms with Gasteiger partial charge in [-0.1, -0.05) is 73.5 Å². The topological polar surface area (TPSA) is 70.1 Å². The van der Waals surface area contributed by atoms with Crippen LogP contribution in [0.4, 0.5) is 18.9 Å². The van der Waals surface area contributed by atoms with Gasteiger partial charge in [0.2, 0.25) is 0 Å². The molecule has 2 aliphatic rings. The molecule has 0 bridgehead atoms. The van der Waals surface area contributed by atoms with E-state index in [2.05, 4.69) is 24.3 Å². The Bertz CT molecular complexity index is 1740. The van der Waals surface area contributed by atoms with E-state index in [1.165, 1.54) is 22.6 Å². The summed E-state index contributed by atoms with van der Waals surface area (Å²) in [4.78, 5) is 15.3. The Labute approximate surface area is 265 Å². The molecule has 2 N–H and O–H groups in total. The average Bonchev–Trinajstić information content (AvgIpc) is 2.94. The molecular weight excluding hydrogens is 603 g/mol. The molecule has 0 amide bonds. The summed E-state index contributed by atoms with van der Waals surface area (Å²) in [6.07, 6.45) is -4.25. The number of halogens is 4. The van der Waals surface area contributed by atoms with E-state index in [-0.39, 0.29) is 34.3 Å². The summed E-state index contributed by atoms with van der Waals surface area (Å²) in [5.74, 6) is 0.422. The lowest BCUT2D eigenvalue weighted by Gasteiger charge is -2.44. The molecule has 44 heavy (non-hydrogen) atoms. The van der Waals surface area contributed by atoms with Gasteiger partial charge in [-0.2, -0.15) is 30.2 Å². The highest BCUT2D eigenvalue weighted by Gasteiger charge is 2.47. The van der Waals surface area contributed by atoms with E-state index in [0.29, 0.717) is 23.4 Å². The molecule has 1 atom stereocenters. The zero-order valence-electron chi connectivity index (χ0n) is 25.0. The van der Waals surface area contributed by atoms with E-state index < -0.39 is 23.1 Å². The number of alkyl halides is 3. The molecule has 1 aliphatic heterocycles. The molecule has 0 saturated carbocycles. The fourth-order valence-electron chi connectivity index (χ4n) is 6.29. The van der Waals surface area contributed by atoms with Crippen molar-refractivity contribution >= 4 is 34.8 Å². The van der Waals surface area contributed by atoms with Crippen molar-refractivity contribution in [2.45, 2.75) is 64.1 Å². The Balaban J connectivity index is 1.68. The van der Waals surface area contributed by atoms with E-state index in [0.717, 1.165) is 34.1 Å². The molecule has 0 spiro atoms. The number of rotatable bonds is 6. The number of hydrogen-bond donors (Lipinski definition) is 1. The highest BCUT2D eigenvalue weighted by molar-refractivity contribution is 7.97. The minimum absolute atomic E-state index is 0.0523. The SMILES string of the molecule is Cc1cc(CSCc2ccccc2)c(C)c(C2C(C#N)=C(N)N(c3ccc(Cl)cc3C(F)(F)F)C3=C2C(=O)CC(C)(C)C3)c1.